The topological polar surface area (TPSA) is 50.9 Å². The number of thiocarbonyl (C=S) groups is 1. The van der Waals surface area contributed by atoms with Crippen molar-refractivity contribution in [3.05, 3.63) is 24.0 Å². The zero-order valence-electron chi connectivity index (χ0n) is 10.7. The first-order chi connectivity index (χ1) is 8.04. The quantitative estimate of drug-likeness (QED) is 0.763. The summed E-state index contributed by atoms with van der Waals surface area (Å²) in [5, 5.41) is 3.43. The van der Waals surface area contributed by atoms with Gasteiger partial charge in [0.1, 0.15) is 10.7 Å². The minimum absolute atomic E-state index is 0.337. The minimum atomic E-state index is 0.337. The number of nitrogens with two attached hydrogens (primary N) is 1. The molecule has 2 unspecified atom stereocenters. The van der Waals surface area contributed by atoms with Gasteiger partial charge in [0, 0.05) is 12.2 Å². The summed E-state index contributed by atoms with van der Waals surface area (Å²) in [6.07, 6.45) is 4.03. The molecule has 4 heteroatoms. The SMILES string of the molecule is CCC(C)CC(C)Nc1cccnc1C(N)=S. The second-order valence-electron chi connectivity index (χ2n) is 4.56. The third kappa shape index (κ3) is 4.30. The van der Waals surface area contributed by atoms with Gasteiger partial charge in [0.2, 0.25) is 0 Å². The van der Waals surface area contributed by atoms with Crippen LogP contribution in [0.15, 0.2) is 18.3 Å². The lowest BCUT2D eigenvalue weighted by atomic mass is 10.0. The molecular formula is C13H21N3S. The Balaban J connectivity index is 2.71. The van der Waals surface area contributed by atoms with Crippen LogP contribution in [0.3, 0.4) is 0 Å². The van der Waals surface area contributed by atoms with Gasteiger partial charge in [0.25, 0.3) is 0 Å². The van der Waals surface area contributed by atoms with Crippen LogP contribution in [0.25, 0.3) is 0 Å². The second-order valence-corrected chi connectivity index (χ2v) is 5.00. The number of hydrogen-bond donors (Lipinski definition) is 2. The van der Waals surface area contributed by atoms with E-state index in [1.807, 2.05) is 12.1 Å². The number of hydrogen-bond acceptors (Lipinski definition) is 3. The van der Waals surface area contributed by atoms with Gasteiger partial charge in [-0.2, -0.15) is 0 Å². The van der Waals surface area contributed by atoms with E-state index in [1.165, 1.54) is 6.42 Å². The van der Waals surface area contributed by atoms with E-state index in [9.17, 15) is 0 Å². The number of nitrogens with zero attached hydrogens (tertiary/aromatic N) is 1. The van der Waals surface area contributed by atoms with E-state index in [1.54, 1.807) is 6.20 Å². The molecule has 0 aliphatic carbocycles. The molecule has 0 aromatic carbocycles. The maximum Gasteiger partial charge on any atom is 0.124 e. The van der Waals surface area contributed by atoms with Crippen molar-refractivity contribution < 1.29 is 0 Å². The maximum atomic E-state index is 5.65. The molecule has 2 atom stereocenters. The third-order valence-corrected chi connectivity index (χ3v) is 3.09. The normalized spacial score (nSPS) is 14.1. The van der Waals surface area contributed by atoms with Gasteiger partial charge in [0.05, 0.1) is 5.69 Å². The van der Waals surface area contributed by atoms with Crippen molar-refractivity contribution >= 4 is 22.9 Å². The average Bonchev–Trinajstić information content (AvgIpc) is 2.29. The zero-order valence-corrected chi connectivity index (χ0v) is 11.6. The predicted molar refractivity (Wildman–Crippen MR) is 77.3 cm³/mol. The van der Waals surface area contributed by atoms with Crippen LogP contribution in [0.4, 0.5) is 5.69 Å². The maximum absolute atomic E-state index is 5.65. The van der Waals surface area contributed by atoms with Crippen molar-refractivity contribution in [3.63, 3.8) is 0 Å². The van der Waals surface area contributed by atoms with Gasteiger partial charge in [-0.05, 0) is 31.4 Å². The highest BCUT2D eigenvalue weighted by molar-refractivity contribution is 7.80. The molecule has 0 saturated carbocycles. The Labute approximate surface area is 109 Å². The first-order valence-electron chi connectivity index (χ1n) is 6.06. The molecule has 1 heterocycles. The van der Waals surface area contributed by atoms with Gasteiger partial charge in [-0.1, -0.05) is 32.5 Å². The molecule has 0 spiro atoms. The van der Waals surface area contributed by atoms with Crippen molar-refractivity contribution in [2.45, 2.75) is 39.7 Å². The fourth-order valence-corrected chi connectivity index (χ4v) is 1.98. The fraction of sp³-hybridized carbons (Fsp3) is 0.538. The van der Waals surface area contributed by atoms with Crippen LogP contribution in [0.2, 0.25) is 0 Å². The van der Waals surface area contributed by atoms with Crippen molar-refractivity contribution in [2.75, 3.05) is 5.32 Å². The molecular weight excluding hydrogens is 230 g/mol. The van der Waals surface area contributed by atoms with Crippen LogP contribution < -0.4 is 11.1 Å². The number of anilines is 1. The molecule has 94 valence electrons. The molecule has 0 radical (unpaired) electrons. The van der Waals surface area contributed by atoms with E-state index in [4.69, 9.17) is 18.0 Å². The molecule has 0 amide bonds. The summed E-state index contributed by atoms with van der Waals surface area (Å²) in [6, 6.07) is 4.25. The first kappa shape index (κ1) is 13.9. The Hall–Kier alpha value is -1.16. The van der Waals surface area contributed by atoms with Crippen molar-refractivity contribution in [1.82, 2.24) is 4.98 Å². The Morgan fingerprint density at radius 3 is 2.82 bits per heavy atom. The first-order valence-corrected chi connectivity index (χ1v) is 6.46. The summed E-state index contributed by atoms with van der Waals surface area (Å²) in [5.74, 6) is 0.711. The number of rotatable bonds is 6. The molecule has 0 saturated heterocycles. The summed E-state index contributed by atoms with van der Waals surface area (Å²) in [5.41, 5.74) is 7.25. The fourth-order valence-electron chi connectivity index (χ4n) is 1.81. The van der Waals surface area contributed by atoms with E-state index in [2.05, 4.69) is 31.1 Å². The minimum Gasteiger partial charge on any atom is -0.388 e. The van der Waals surface area contributed by atoms with Crippen LogP contribution in [0.1, 0.15) is 39.3 Å². The highest BCUT2D eigenvalue weighted by Crippen LogP contribution is 2.17. The van der Waals surface area contributed by atoms with Crippen LogP contribution in [-0.2, 0) is 0 Å². The third-order valence-electron chi connectivity index (χ3n) is 2.90. The molecule has 3 N–H and O–H groups in total. The van der Waals surface area contributed by atoms with Crippen LogP contribution >= 0.6 is 12.2 Å². The van der Waals surface area contributed by atoms with Crippen molar-refractivity contribution in [3.8, 4) is 0 Å². The second kappa shape index (κ2) is 6.55. The highest BCUT2D eigenvalue weighted by Gasteiger charge is 2.11. The highest BCUT2D eigenvalue weighted by atomic mass is 32.1. The number of pyridine rings is 1. The van der Waals surface area contributed by atoms with E-state index in [0.717, 1.165) is 12.1 Å². The molecule has 17 heavy (non-hydrogen) atoms. The van der Waals surface area contributed by atoms with Crippen LogP contribution in [-0.4, -0.2) is 16.0 Å². The molecule has 1 aromatic rings. The van der Waals surface area contributed by atoms with Gasteiger partial charge in [-0.3, -0.25) is 4.98 Å². The summed E-state index contributed by atoms with van der Waals surface area (Å²) >= 11 is 4.99. The summed E-state index contributed by atoms with van der Waals surface area (Å²) in [6.45, 7) is 6.64. The lowest BCUT2D eigenvalue weighted by Gasteiger charge is -2.19. The Bertz CT molecular complexity index is 379. The Kier molecular flexibility index (Phi) is 5.35. The Morgan fingerprint density at radius 1 is 1.53 bits per heavy atom. The van der Waals surface area contributed by atoms with E-state index in [-0.39, 0.29) is 0 Å². The number of nitrogens with one attached hydrogen (secondary N) is 1. The van der Waals surface area contributed by atoms with Gasteiger partial charge < -0.3 is 11.1 Å². The molecule has 0 fully saturated rings. The lowest BCUT2D eigenvalue weighted by molar-refractivity contribution is 0.483. The van der Waals surface area contributed by atoms with E-state index in [0.29, 0.717) is 22.6 Å². The number of aromatic nitrogens is 1. The van der Waals surface area contributed by atoms with Crippen molar-refractivity contribution in [1.29, 1.82) is 0 Å². The zero-order chi connectivity index (χ0) is 12.8. The predicted octanol–water partition coefficient (Wildman–Crippen LogP) is 2.95. The van der Waals surface area contributed by atoms with Gasteiger partial charge >= 0.3 is 0 Å². The molecule has 0 aliphatic heterocycles. The molecule has 1 rings (SSSR count). The Morgan fingerprint density at radius 2 is 2.24 bits per heavy atom. The summed E-state index contributed by atoms with van der Waals surface area (Å²) < 4.78 is 0. The standard InChI is InChI=1S/C13H21N3S/c1-4-9(2)8-10(3)16-11-6-5-7-15-12(11)13(14)17/h5-7,9-10,16H,4,8H2,1-3H3,(H2,14,17). The van der Waals surface area contributed by atoms with Crippen LogP contribution in [0, 0.1) is 5.92 Å². The lowest BCUT2D eigenvalue weighted by Crippen LogP contribution is -2.22. The average molecular weight is 251 g/mol. The van der Waals surface area contributed by atoms with Crippen LogP contribution in [0.5, 0.6) is 0 Å². The van der Waals surface area contributed by atoms with E-state index < -0.39 is 0 Å². The van der Waals surface area contributed by atoms with Gasteiger partial charge in [0.15, 0.2) is 0 Å². The molecule has 3 nitrogen and oxygen atoms in total. The smallest absolute Gasteiger partial charge is 0.124 e. The molecule has 0 bridgehead atoms. The summed E-state index contributed by atoms with van der Waals surface area (Å²) in [7, 11) is 0. The van der Waals surface area contributed by atoms with Gasteiger partial charge in [-0.15, -0.1) is 0 Å². The van der Waals surface area contributed by atoms with E-state index >= 15 is 0 Å². The summed E-state index contributed by atoms with van der Waals surface area (Å²) in [4.78, 5) is 4.54. The molecule has 0 aliphatic rings. The van der Waals surface area contributed by atoms with Gasteiger partial charge in [-0.25, -0.2) is 0 Å². The molecule has 1 aromatic heterocycles. The largest absolute Gasteiger partial charge is 0.388 e. The van der Waals surface area contributed by atoms with Crippen molar-refractivity contribution in [2.24, 2.45) is 11.7 Å². The monoisotopic (exact) mass is 251 g/mol.